The van der Waals surface area contributed by atoms with E-state index in [4.69, 9.17) is 11.0 Å². The van der Waals surface area contributed by atoms with Crippen molar-refractivity contribution in [2.75, 3.05) is 17.6 Å². The van der Waals surface area contributed by atoms with Gasteiger partial charge in [-0.2, -0.15) is 5.26 Å². The summed E-state index contributed by atoms with van der Waals surface area (Å²) in [7, 11) is 0. The monoisotopic (exact) mass is 247 g/mol. The van der Waals surface area contributed by atoms with Gasteiger partial charge in [0.15, 0.2) is 0 Å². The van der Waals surface area contributed by atoms with E-state index in [-0.39, 0.29) is 18.0 Å². The molecule has 6 heteroatoms. The number of hydrogen-bond acceptors (Lipinski definition) is 5. The van der Waals surface area contributed by atoms with Gasteiger partial charge in [0, 0.05) is 11.7 Å². The molecule has 0 bridgehead atoms. The van der Waals surface area contributed by atoms with E-state index >= 15 is 0 Å². The summed E-state index contributed by atoms with van der Waals surface area (Å²) in [6, 6.07) is 3.45. The molecule has 6 nitrogen and oxygen atoms in total. The number of aromatic nitrogens is 1. The van der Waals surface area contributed by atoms with Gasteiger partial charge in [-0.15, -0.1) is 0 Å². The number of carbonyl (C=O) groups is 1. The molecule has 0 atom stereocenters. The number of pyridine rings is 1. The van der Waals surface area contributed by atoms with Crippen LogP contribution in [-0.2, 0) is 4.79 Å². The van der Waals surface area contributed by atoms with Crippen molar-refractivity contribution in [3.63, 3.8) is 0 Å². The van der Waals surface area contributed by atoms with E-state index in [0.717, 1.165) is 0 Å². The third-order valence-corrected chi connectivity index (χ3v) is 1.98. The number of nitrogen functional groups attached to an aromatic ring is 1. The summed E-state index contributed by atoms with van der Waals surface area (Å²) < 4.78 is 0. The predicted molar refractivity (Wildman–Crippen MR) is 69.7 cm³/mol. The van der Waals surface area contributed by atoms with Gasteiger partial charge in [0.2, 0.25) is 5.91 Å². The molecular weight excluding hydrogens is 230 g/mol. The Kier molecular flexibility index (Phi) is 4.10. The molecule has 4 N–H and O–H groups in total. The minimum absolute atomic E-state index is 0.0837. The van der Waals surface area contributed by atoms with E-state index in [1.165, 1.54) is 12.3 Å². The van der Waals surface area contributed by atoms with E-state index in [2.05, 4.69) is 15.6 Å². The van der Waals surface area contributed by atoms with Crippen molar-refractivity contribution >= 4 is 17.4 Å². The highest BCUT2D eigenvalue weighted by atomic mass is 16.2. The Labute approximate surface area is 106 Å². The van der Waals surface area contributed by atoms with Gasteiger partial charge in [-0.05, 0) is 26.8 Å². The summed E-state index contributed by atoms with van der Waals surface area (Å²) in [6.07, 6.45) is 1.40. The number of rotatable bonds is 3. The molecule has 0 aliphatic rings. The topological polar surface area (TPSA) is 104 Å². The first-order valence-corrected chi connectivity index (χ1v) is 5.52. The van der Waals surface area contributed by atoms with Gasteiger partial charge in [-0.25, -0.2) is 4.98 Å². The standard InChI is InChI=1S/C12H17N5O/c1-12(2,3)17-10(18)7-16-11-9(14)4-8(5-13)6-15-11/h4,6H,7,14H2,1-3H3,(H,15,16)(H,17,18). The van der Waals surface area contributed by atoms with Crippen LogP contribution in [0.3, 0.4) is 0 Å². The molecule has 18 heavy (non-hydrogen) atoms. The first kappa shape index (κ1) is 13.8. The fraction of sp³-hybridized carbons (Fsp3) is 0.417. The largest absolute Gasteiger partial charge is 0.396 e. The maximum Gasteiger partial charge on any atom is 0.239 e. The van der Waals surface area contributed by atoms with E-state index in [9.17, 15) is 4.79 Å². The van der Waals surface area contributed by atoms with Crippen molar-refractivity contribution in [1.82, 2.24) is 10.3 Å². The van der Waals surface area contributed by atoms with Crippen molar-refractivity contribution in [3.8, 4) is 6.07 Å². The van der Waals surface area contributed by atoms with Crippen LogP contribution in [-0.4, -0.2) is 23.0 Å². The van der Waals surface area contributed by atoms with Gasteiger partial charge >= 0.3 is 0 Å². The molecule has 0 aliphatic heterocycles. The molecule has 0 fully saturated rings. The summed E-state index contributed by atoms with van der Waals surface area (Å²) in [5.41, 5.74) is 6.16. The number of nitriles is 1. The van der Waals surface area contributed by atoms with E-state index in [1.54, 1.807) is 0 Å². The van der Waals surface area contributed by atoms with Crippen LogP contribution in [0, 0.1) is 11.3 Å². The normalized spacial score (nSPS) is 10.6. The van der Waals surface area contributed by atoms with Crippen molar-refractivity contribution in [2.45, 2.75) is 26.3 Å². The molecule has 0 saturated carbocycles. The maximum atomic E-state index is 11.6. The molecule has 1 aromatic heterocycles. The maximum absolute atomic E-state index is 11.6. The molecule has 1 aromatic rings. The molecule has 0 aliphatic carbocycles. The Morgan fingerprint density at radius 1 is 1.56 bits per heavy atom. The second-order valence-corrected chi connectivity index (χ2v) is 4.93. The third kappa shape index (κ3) is 4.29. The number of nitrogens with zero attached hydrogens (tertiary/aromatic N) is 2. The smallest absolute Gasteiger partial charge is 0.239 e. The molecule has 0 aromatic carbocycles. The fourth-order valence-corrected chi connectivity index (χ4v) is 1.32. The third-order valence-electron chi connectivity index (χ3n) is 1.98. The molecule has 0 unspecified atom stereocenters. The molecule has 0 spiro atoms. The molecule has 1 heterocycles. The zero-order chi connectivity index (χ0) is 13.8. The van der Waals surface area contributed by atoms with Crippen LogP contribution in [0.5, 0.6) is 0 Å². The average molecular weight is 247 g/mol. The molecular formula is C12H17N5O. The summed E-state index contributed by atoms with van der Waals surface area (Å²) in [5, 5.41) is 14.3. The quantitative estimate of drug-likeness (QED) is 0.735. The van der Waals surface area contributed by atoms with Gasteiger partial charge in [0.05, 0.1) is 17.8 Å². The summed E-state index contributed by atoms with van der Waals surface area (Å²) in [5.74, 6) is 0.256. The molecule has 1 amide bonds. The summed E-state index contributed by atoms with van der Waals surface area (Å²) >= 11 is 0. The van der Waals surface area contributed by atoms with Crippen LogP contribution >= 0.6 is 0 Å². The fourth-order valence-electron chi connectivity index (χ4n) is 1.32. The second kappa shape index (κ2) is 5.36. The lowest BCUT2D eigenvalue weighted by molar-refractivity contribution is -0.120. The highest BCUT2D eigenvalue weighted by Crippen LogP contribution is 2.15. The molecule has 1 rings (SSSR count). The first-order valence-electron chi connectivity index (χ1n) is 5.52. The van der Waals surface area contributed by atoms with E-state index in [0.29, 0.717) is 17.1 Å². The Balaban J connectivity index is 2.59. The Morgan fingerprint density at radius 2 is 2.22 bits per heavy atom. The average Bonchev–Trinajstić information content (AvgIpc) is 2.25. The summed E-state index contributed by atoms with van der Waals surface area (Å²) in [6.45, 7) is 5.79. The number of nitrogens with two attached hydrogens (primary N) is 1. The van der Waals surface area contributed by atoms with Crippen LogP contribution in [0.1, 0.15) is 26.3 Å². The molecule has 0 radical (unpaired) electrons. The minimum Gasteiger partial charge on any atom is -0.396 e. The SMILES string of the molecule is CC(C)(C)NC(=O)CNc1ncc(C#N)cc1N. The van der Waals surface area contributed by atoms with Gasteiger partial charge in [-0.3, -0.25) is 4.79 Å². The van der Waals surface area contributed by atoms with Crippen molar-refractivity contribution in [2.24, 2.45) is 0 Å². The molecule has 96 valence electrons. The highest BCUT2D eigenvalue weighted by molar-refractivity contribution is 5.82. The van der Waals surface area contributed by atoms with E-state index < -0.39 is 0 Å². The number of hydrogen-bond donors (Lipinski definition) is 3. The lowest BCUT2D eigenvalue weighted by Crippen LogP contribution is -2.43. The van der Waals surface area contributed by atoms with E-state index in [1.807, 2.05) is 26.8 Å². The number of carbonyl (C=O) groups excluding carboxylic acids is 1. The Morgan fingerprint density at radius 3 is 2.72 bits per heavy atom. The van der Waals surface area contributed by atoms with Crippen LogP contribution in [0.25, 0.3) is 0 Å². The minimum atomic E-state index is -0.275. The van der Waals surface area contributed by atoms with Crippen molar-refractivity contribution in [3.05, 3.63) is 17.8 Å². The van der Waals surface area contributed by atoms with Gasteiger partial charge in [0.1, 0.15) is 11.9 Å². The first-order chi connectivity index (χ1) is 8.31. The van der Waals surface area contributed by atoms with Crippen molar-refractivity contribution in [1.29, 1.82) is 5.26 Å². The second-order valence-electron chi connectivity index (χ2n) is 4.93. The Bertz CT molecular complexity index is 484. The van der Waals surface area contributed by atoms with Gasteiger partial charge < -0.3 is 16.4 Å². The number of nitrogens with one attached hydrogen (secondary N) is 2. The Hall–Kier alpha value is -2.29. The van der Waals surface area contributed by atoms with Crippen LogP contribution in [0.15, 0.2) is 12.3 Å². The van der Waals surface area contributed by atoms with Gasteiger partial charge in [-0.1, -0.05) is 0 Å². The highest BCUT2D eigenvalue weighted by Gasteiger charge is 2.13. The lowest BCUT2D eigenvalue weighted by Gasteiger charge is -2.20. The predicted octanol–water partition coefficient (Wildman–Crippen LogP) is 0.862. The number of amides is 1. The number of anilines is 2. The lowest BCUT2D eigenvalue weighted by atomic mass is 10.1. The van der Waals surface area contributed by atoms with Crippen LogP contribution < -0.4 is 16.4 Å². The zero-order valence-corrected chi connectivity index (χ0v) is 10.7. The van der Waals surface area contributed by atoms with Gasteiger partial charge in [0.25, 0.3) is 0 Å². The van der Waals surface area contributed by atoms with Crippen molar-refractivity contribution < 1.29 is 4.79 Å². The zero-order valence-electron chi connectivity index (χ0n) is 10.7. The van der Waals surface area contributed by atoms with Crippen LogP contribution in [0.2, 0.25) is 0 Å². The van der Waals surface area contributed by atoms with Crippen LogP contribution in [0.4, 0.5) is 11.5 Å². The molecule has 0 saturated heterocycles. The summed E-state index contributed by atoms with van der Waals surface area (Å²) in [4.78, 5) is 15.6.